The Bertz CT molecular complexity index is 608. The SMILES string of the molecule is Cc1nn(CCNC(=O)[C@H]2CC3(CCNCC3)CN2C)c(C)c1Cl. The van der Waals surface area contributed by atoms with Crippen molar-refractivity contribution < 1.29 is 4.79 Å². The second-order valence-corrected chi connectivity index (χ2v) is 7.76. The van der Waals surface area contributed by atoms with Gasteiger partial charge in [0, 0.05) is 13.1 Å². The number of aromatic nitrogens is 2. The number of hydrogen-bond acceptors (Lipinski definition) is 4. The lowest BCUT2D eigenvalue weighted by atomic mass is 9.77. The second kappa shape index (κ2) is 7.02. The van der Waals surface area contributed by atoms with Gasteiger partial charge in [0.1, 0.15) is 0 Å². The molecule has 3 heterocycles. The highest BCUT2D eigenvalue weighted by atomic mass is 35.5. The highest BCUT2D eigenvalue weighted by Gasteiger charge is 2.45. The number of hydrogen-bond donors (Lipinski definition) is 2. The minimum Gasteiger partial charge on any atom is -0.353 e. The summed E-state index contributed by atoms with van der Waals surface area (Å²) < 4.78 is 1.87. The standard InChI is InChI=1S/C17H28ClN5O/c1-12-15(18)13(2)23(21-12)9-8-20-16(24)14-10-17(11-22(14)3)4-6-19-7-5-17/h14,19H,4-11H2,1-3H3,(H,20,24)/t14-/m1/s1. The van der Waals surface area contributed by atoms with Crippen LogP contribution in [-0.2, 0) is 11.3 Å². The zero-order chi connectivity index (χ0) is 17.3. The van der Waals surface area contributed by atoms with E-state index in [0.717, 1.165) is 37.4 Å². The first-order chi connectivity index (χ1) is 11.4. The smallest absolute Gasteiger partial charge is 0.237 e. The second-order valence-electron chi connectivity index (χ2n) is 7.38. The molecule has 1 aromatic rings. The number of nitrogens with one attached hydrogen (secondary N) is 2. The Hall–Kier alpha value is -1.11. The van der Waals surface area contributed by atoms with Crippen LogP contribution in [0.1, 0.15) is 30.7 Å². The van der Waals surface area contributed by atoms with Gasteiger partial charge in [-0.1, -0.05) is 11.6 Å². The summed E-state index contributed by atoms with van der Waals surface area (Å²) in [6.45, 7) is 8.25. The van der Waals surface area contributed by atoms with E-state index in [4.69, 9.17) is 11.6 Å². The first-order valence-corrected chi connectivity index (χ1v) is 9.18. The van der Waals surface area contributed by atoms with Gasteiger partial charge in [-0.3, -0.25) is 14.4 Å². The van der Waals surface area contributed by atoms with Crippen LogP contribution in [0.5, 0.6) is 0 Å². The quantitative estimate of drug-likeness (QED) is 0.857. The van der Waals surface area contributed by atoms with Gasteiger partial charge in [-0.05, 0) is 58.7 Å². The first kappa shape index (κ1) is 17.7. The van der Waals surface area contributed by atoms with Gasteiger partial charge in [0.25, 0.3) is 0 Å². The molecule has 0 aromatic carbocycles. The van der Waals surface area contributed by atoms with E-state index in [2.05, 4.69) is 27.7 Å². The molecule has 0 unspecified atom stereocenters. The molecule has 0 aliphatic carbocycles. The van der Waals surface area contributed by atoms with Gasteiger partial charge in [0.2, 0.25) is 5.91 Å². The van der Waals surface area contributed by atoms with E-state index in [1.807, 2.05) is 18.5 Å². The monoisotopic (exact) mass is 353 g/mol. The zero-order valence-electron chi connectivity index (χ0n) is 14.9. The van der Waals surface area contributed by atoms with Crippen molar-refractivity contribution in [2.75, 3.05) is 33.2 Å². The predicted molar refractivity (Wildman–Crippen MR) is 95.3 cm³/mol. The van der Waals surface area contributed by atoms with Gasteiger partial charge >= 0.3 is 0 Å². The van der Waals surface area contributed by atoms with Gasteiger partial charge in [-0.15, -0.1) is 0 Å². The molecule has 0 radical (unpaired) electrons. The fraction of sp³-hybridized carbons (Fsp3) is 0.765. The van der Waals surface area contributed by atoms with E-state index in [-0.39, 0.29) is 11.9 Å². The zero-order valence-corrected chi connectivity index (χ0v) is 15.6. The lowest BCUT2D eigenvalue weighted by Crippen LogP contribution is -2.42. The summed E-state index contributed by atoms with van der Waals surface area (Å²) in [5, 5.41) is 11.6. The predicted octanol–water partition coefficient (Wildman–Crippen LogP) is 1.34. The van der Waals surface area contributed by atoms with Crippen molar-refractivity contribution in [3.8, 4) is 0 Å². The molecular weight excluding hydrogens is 326 g/mol. The molecule has 2 fully saturated rings. The minimum atomic E-state index is -0.00728. The lowest BCUT2D eigenvalue weighted by molar-refractivity contribution is -0.125. The maximum absolute atomic E-state index is 12.6. The van der Waals surface area contributed by atoms with Crippen LogP contribution in [0.25, 0.3) is 0 Å². The summed E-state index contributed by atoms with van der Waals surface area (Å²) in [5.74, 6) is 0.139. The number of halogens is 1. The Kier molecular flexibility index (Phi) is 5.18. The molecule has 0 saturated carbocycles. The number of rotatable bonds is 4. The summed E-state index contributed by atoms with van der Waals surface area (Å²) in [5.41, 5.74) is 2.12. The summed E-state index contributed by atoms with van der Waals surface area (Å²) in [4.78, 5) is 14.8. The molecule has 2 aliphatic heterocycles. The average Bonchev–Trinajstić information content (AvgIpc) is 3.00. The van der Waals surface area contributed by atoms with Crippen LogP contribution in [0.4, 0.5) is 0 Å². The maximum Gasteiger partial charge on any atom is 0.237 e. The third-order valence-electron chi connectivity index (χ3n) is 5.63. The van der Waals surface area contributed by atoms with E-state index in [9.17, 15) is 4.79 Å². The number of aryl methyl sites for hydroxylation is 1. The molecule has 6 nitrogen and oxygen atoms in total. The molecule has 134 valence electrons. The minimum absolute atomic E-state index is 0.00728. The third kappa shape index (κ3) is 3.46. The van der Waals surface area contributed by atoms with Crippen molar-refractivity contribution in [3.63, 3.8) is 0 Å². The number of nitrogens with zero attached hydrogens (tertiary/aromatic N) is 3. The van der Waals surface area contributed by atoms with E-state index >= 15 is 0 Å². The number of likely N-dealkylation sites (N-methyl/N-ethyl adjacent to an activating group) is 1. The number of carbonyl (C=O) groups is 1. The van der Waals surface area contributed by atoms with Crippen molar-refractivity contribution in [1.82, 2.24) is 25.3 Å². The molecule has 0 bridgehead atoms. The Balaban J connectivity index is 1.52. The lowest BCUT2D eigenvalue weighted by Gasteiger charge is -2.33. The Morgan fingerprint density at radius 2 is 2.12 bits per heavy atom. The summed E-state index contributed by atoms with van der Waals surface area (Å²) in [6, 6.07) is -0.00728. The third-order valence-corrected chi connectivity index (χ3v) is 6.17. The van der Waals surface area contributed by atoms with E-state index in [0.29, 0.717) is 23.5 Å². The highest BCUT2D eigenvalue weighted by Crippen LogP contribution is 2.41. The molecule has 1 atom stereocenters. The molecule has 2 saturated heterocycles. The Labute approximate surface area is 148 Å². The van der Waals surface area contributed by atoms with Crippen molar-refractivity contribution in [2.24, 2.45) is 5.41 Å². The fourth-order valence-corrected chi connectivity index (χ4v) is 4.31. The van der Waals surface area contributed by atoms with E-state index < -0.39 is 0 Å². The summed E-state index contributed by atoms with van der Waals surface area (Å²) in [6.07, 6.45) is 3.32. The number of carbonyl (C=O) groups excluding carboxylic acids is 1. The summed E-state index contributed by atoms with van der Waals surface area (Å²) in [7, 11) is 2.07. The molecule has 2 aliphatic rings. The van der Waals surface area contributed by atoms with Gasteiger partial charge in [0.05, 0.1) is 29.0 Å². The van der Waals surface area contributed by atoms with Crippen molar-refractivity contribution in [2.45, 2.75) is 45.7 Å². The van der Waals surface area contributed by atoms with Crippen molar-refractivity contribution in [3.05, 3.63) is 16.4 Å². The maximum atomic E-state index is 12.6. The van der Waals surface area contributed by atoms with Gasteiger partial charge < -0.3 is 10.6 Å². The molecule has 24 heavy (non-hydrogen) atoms. The van der Waals surface area contributed by atoms with Crippen LogP contribution in [-0.4, -0.2) is 59.9 Å². The first-order valence-electron chi connectivity index (χ1n) is 8.80. The molecule has 3 rings (SSSR count). The fourth-order valence-electron chi connectivity index (χ4n) is 4.18. The molecule has 1 spiro atoms. The normalized spacial score (nSPS) is 23.8. The van der Waals surface area contributed by atoms with Crippen LogP contribution in [0.2, 0.25) is 5.02 Å². The average molecular weight is 354 g/mol. The molecular formula is C17H28ClN5O. The molecule has 1 amide bonds. The van der Waals surface area contributed by atoms with Gasteiger partial charge in [0.15, 0.2) is 0 Å². The van der Waals surface area contributed by atoms with Crippen LogP contribution in [0, 0.1) is 19.3 Å². The molecule has 2 N–H and O–H groups in total. The van der Waals surface area contributed by atoms with Crippen LogP contribution >= 0.6 is 11.6 Å². The topological polar surface area (TPSA) is 62.2 Å². The van der Waals surface area contributed by atoms with E-state index in [1.165, 1.54) is 12.8 Å². The number of likely N-dealkylation sites (tertiary alicyclic amines) is 1. The van der Waals surface area contributed by atoms with Crippen LogP contribution in [0.3, 0.4) is 0 Å². The number of amides is 1. The number of piperidine rings is 1. The Morgan fingerprint density at radius 1 is 1.42 bits per heavy atom. The van der Waals surface area contributed by atoms with E-state index in [1.54, 1.807) is 0 Å². The van der Waals surface area contributed by atoms with Gasteiger partial charge in [-0.2, -0.15) is 5.10 Å². The van der Waals surface area contributed by atoms with Crippen LogP contribution < -0.4 is 10.6 Å². The largest absolute Gasteiger partial charge is 0.353 e. The highest BCUT2D eigenvalue weighted by molar-refractivity contribution is 6.31. The van der Waals surface area contributed by atoms with Crippen molar-refractivity contribution in [1.29, 1.82) is 0 Å². The van der Waals surface area contributed by atoms with Crippen molar-refractivity contribution >= 4 is 17.5 Å². The van der Waals surface area contributed by atoms with Crippen LogP contribution in [0.15, 0.2) is 0 Å². The van der Waals surface area contributed by atoms with Gasteiger partial charge in [-0.25, -0.2) is 0 Å². The molecule has 7 heteroatoms. The summed E-state index contributed by atoms with van der Waals surface area (Å²) >= 11 is 6.16. The Morgan fingerprint density at radius 3 is 2.75 bits per heavy atom. The molecule has 1 aromatic heterocycles.